The molecular formula is C17H32IN5O. The van der Waals surface area contributed by atoms with Crippen molar-refractivity contribution in [2.24, 2.45) is 10.4 Å². The summed E-state index contributed by atoms with van der Waals surface area (Å²) >= 11 is 0. The second-order valence-corrected chi connectivity index (χ2v) is 6.52. The molecular weight excluding hydrogens is 417 g/mol. The van der Waals surface area contributed by atoms with Gasteiger partial charge in [0.05, 0.1) is 0 Å². The average molecular weight is 449 g/mol. The standard InChI is InChI=1S/C17H31N5O.HI/c1-4-17(10-6-7-11-17)13-20-16(18-5-2)19-12-8-9-15-21-14(3)22-23-15;/h4-13H2,1-3H3,(H2,18,19,20);1H. The summed E-state index contributed by atoms with van der Waals surface area (Å²) in [6.07, 6.45) is 8.34. The monoisotopic (exact) mass is 449 g/mol. The van der Waals surface area contributed by atoms with E-state index in [0.29, 0.717) is 17.1 Å². The molecule has 1 aliphatic rings. The largest absolute Gasteiger partial charge is 0.357 e. The van der Waals surface area contributed by atoms with Crippen LogP contribution in [0.5, 0.6) is 0 Å². The first kappa shape index (κ1) is 21.2. The average Bonchev–Trinajstić information content (AvgIpc) is 3.19. The number of aromatic nitrogens is 2. The van der Waals surface area contributed by atoms with Crippen molar-refractivity contribution in [1.29, 1.82) is 0 Å². The van der Waals surface area contributed by atoms with E-state index in [1.54, 1.807) is 0 Å². The summed E-state index contributed by atoms with van der Waals surface area (Å²) in [4.78, 5) is 9.05. The Morgan fingerprint density at radius 1 is 1.25 bits per heavy atom. The lowest BCUT2D eigenvalue weighted by Crippen LogP contribution is -2.39. The van der Waals surface area contributed by atoms with Gasteiger partial charge in [0.1, 0.15) is 0 Å². The van der Waals surface area contributed by atoms with Gasteiger partial charge in [-0.05, 0) is 44.9 Å². The summed E-state index contributed by atoms with van der Waals surface area (Å²) in [6.45, 7) is 8.91. The first-order valence-corrected chi connectivity index (χ1v) is 8.99. The fourth-order valence-corrected chi connectivity index (χ4v) is 3.22. The van der Waals surface area contributed by atoms with E-state index in [1.165, 1.54) is 32.1 Å². The first-order chi connectivity index (χ1) is 11.2. The number of rotatable bonds is 8. The van der Waals surface area contributed by atoms with Crippen molar-refractivity contribution >= 4 is 29.9 Å². The number of aryl methyl sites for hydroxylation is 2. The predicted octanol–water partition coefficient (Wildman–Crippen LogP) is 3.45. The summed E-state index contributed by atoms with van der Waals surface area (Å²) in [7, 11) is 0. The molecule has 0 saturated heterocycles. The number of nitrogens with one attached hydrogen (secondary N) is 2. The number of guanidine groups is 1. The topological polar surface area (TPSA) is 75.3 Å². The van der Waals surface area contributed by atoms with Crippen molar-refractivity contribution in [2.45, 2.75) is 65.7 Å². The van der Waals surface area contributed by atoms with Gasteiger partial charge in [-0.1, -0.05) is 24.9 Å². The van der Waals surface area contributed by atoms with E-state index in [2.05, 4.69) is 34.6 Å². The molecule has 24 heavy (non-hydrogen) atoms. The van der Waals surface area contributed by atoms with E-state index < -0.39 is 0 Å². The Labute approximate surface area is 162 Å². The molecule has 1 aromatic rings. The van der Waals surface area contributed by atoms with Gasteiger partial charge in [-0.2, -0.15) is 4.98 Å². The molecule has 0 unspecified atom stereocenters. The van der Waals surface area contributed by atoms with Crippen molar-refractivity contribution in [3.63, 3.8) is 0 Å². The van der Waals surface area contributed by atoms with Crippen LogP contribution in [0, 0.1) is 12.3 Å². The zero-order valence-corrected chi connectivity index (χ0v) is 17.6. The molecule has 2 N–H and O–H groups in total. The van der Waals surface area contributed by atoms with Gasteiger partial charge < -0.3 is 15.2 Å². The van der Waals surface area contributed by atoms with Gasteiger partial charge in [0.25, 0.3) is 0 Å². The predicted molar refractivity (Wildman–Crippen MR) is 108 cm³/mol. The molecule has 0 aliphatic heterocycles. The summed E-state index contributed by atoms with van der Waals surface area (Å²) in [5.41, 5.74) is 0.434. The minimum atomic E-state index is 0. The van der Waals surface area contributed by atoms with Gasteiger partial charge in [-0.15, -0.1) is 24.0 Å². The van der Waals surface area contributed by atoms with Gasteiger partial charge in [0.2, 0.25) is 5.89 Å². The maximum Gasteiger partial charge on any atom is 0.226 e. The quantitative estimate of drug-likeness (QED) is 0.275. The fraction of sp³-hybridized carbons (Fsp3) is 0.824. The Morgan fingerprint density at radius 3 is 2.58 bits per heavy atom. The van der Waals surface area contributed by atoms with E-state index in [1.807, 2.05) is 6.92 Å². The van der Waals surface area contributed by atoms with Crippen LogP contribution in [0.1, 0.15) is 64.1 Å². The third-order valence-electron chi connectivity index (χ3n) is 4.76. The Kier molecular flexibility index (Phi) is 9.61. The van der Waals surface area contributed by atoms with Crippen LogP contribution in [-0.2, 0) is 6.42 Å². The van der Waals surface area contributed by atoms with Crippen LogP contribution in [0.15, 0.2) is 9.52 Å². The van der Waals surface area contributed by atoms with E-state index in [9.17, 15) is 0 Å². The van der Waals surface area contributed by atoms with Gasteiger partial charge in [0, 0.05) is 26.1 Å². The molecule has 0 atom stereocenters. The van der Waals surface area contributed by atoms with Crippen molar-refractivity contribution in [3.8, 4) is 0 Å². The number of nitrogens with zero attached hydrogens (tertiary/aromatic N) is 3. The number of hydrogen-bond donors (Lipinski definition) is 2. The Balaban J connectivity index is 0.00000288. The number of halogens is 1. The minimum absolute atomic E-state index is 0. The molecule has 7 heteroatoms. The fourth-order valence-electron chi connectivity index (χ4n) is 3.22. The SMILES string of the molecule is CCNC(=NCC1(CC)CCCC1)NCCCc1nc(C)no1.I. The molecule has 2 rings (SSSR count). The van der Waals surface area contributed by atoms with E-state index in [4.69, 9.17) is 9.52 Å². The van der Waals surface area contributed by atoms with Crippen LogP contribution in [0.3, 0.4) is 0 Å². The molecule has 1 heterocycles. The maximum absolute atomic E-state index is 5.13. The first-order valence-electron chi connectivity index (χ1n) is 8.99. The van der Waals surface area contributed by atoms with E-state index >= 15 is 0 Å². The molecule has 1 saturated carbocycles. The third-order valence-corrected chi connectivity index (χ3v) is 4.76. The molecule has 0 bridgehead atoms. The molecule has 0 radical (unpaired) electrons. The Morgan fingerprint density at radius 2 is 2.00 bits per heavy atom. The zero-order chi connectivity index (χ0) is 16.5. The molecule has 1 aliphatic carbocycles. The van der Waals surface area contributed by atoms with Crippen LogP contribution in [0.4, 0.5) is 0 Å². The molecule has 1 fully saturated rings. The normalized spacial score (nSPS) is 16.7. The van der Waals surface area contributed by atoms with Crippen LogP contribution in [-0.4, -0.2) is 35.7 Å². The lowest BCUT2D eigenvalue weighted by molar-refractivity contribution is 0.297. The van der Waals surface area contributed by atoms with Crippen molar-refractivity contribution in [3.05, 3.63) is 11.7 Å². The number of aliphatic imine (C=N–C) groups is 1. The van der Waals surface area contributed by atoms with Crippen LogP contribution in [0.25, 0.3) is 0 Å². The highest BCUT2D eigenvalue weighted by Gasteiger charge is 2.31. The highest BCUT2D eigenvalue weighted by Crippen LogP contribution is 2.41. The van der Waals surface area contributed by atoms with Crippen LogP contribution >= 0.6 is 24.0 Å². The second-order valence-electron chi connectivity index (χ2n) is 6.52. The molecule has 138 valence electrons. The van der Waals surface area contributed by atoms with Gasteiger partial charge in [-0.25, -0.2) is 0 Å². The van der Waals surface area contributed by atoms with E-state index in [0.717, 1.165) is 38.4 Å². The van der Waals surface area contributed by atoms with Crippen molar-refractivity contribution in [2.75, 3.05) is 19.6 Å². The molecule has 0 amide bonds. The zero-order valence-electron chi connectivity index (χ0n) is 15.2. The summed E-state index contributed by atoms with van der Waals surface area (Å²) in [5, 5.41) is 10.6. The van der Waals surface area contributed by atoms with Crippen LogP contribution in [0.2, 0.25) is 0 Å². The maximum atomic E-state index is 5.13. The molecule has 1 aromatic heterocycles. The molecule has 0 aromatic carbocycles. The lowest BCUT2D eigenvalue weighted by Gasteiger charge is -2.25. The summed E-state index contributed by atoms with van der Waals surface area (Å²) in [6, 6.07) is 0. The molecule has 6 nitrogen and oxygen atoms in total. The Bertz CT molecular complexity index is 497. The summed E-state index contributed by atoms with van der Waals surface area (Å²) in [5.74, 6) is 2.33. The third kappa shape index (κ3) is 6.57. The van der Waals surface area contributed by atoms with Gasteiger partial charge in [-0.3, -0.25) is 4.99 Å². The summed E-state index contributed by atoms with van der Waals surface area (Å²) < 4.78 is 5.13. The van der Waals surface area contributed by atoms with Crippen molar-refractivity contribution < 1.29 is 4.52 Å². The van der Waals surface area contributed by atoms with Gasteiger partial charge >= 0.3 is 0 Å². The van der Waals surface area contributed by atoms with Crippen LogP contribution < -0.4 is 10.6 Å². The van der Waals surface area contributed by atoms with E-state index in [-0.39, 0.29) is 24.0 Å². The number of hydrogen-bond acceptors (Lipinski definition) is 4. The smallest absolute Gasteiger partial charge is 0.226 e. The molecule has 0 spiro atoms. The minimum Gasteiger partial charge on any atom is -0.357 e. The van der Waals surface area contributed by atoms with Gasteiger partial charge in [0.15, 0.2) is 11.8 Å². The highest BCUT2D eigenvalue weighted by atomic mass is 127. The highest BCUT2D eigenvalue weighted by molar-refractivity contribution is 14.0. The second kappa shape index (κ2) is 10.9. The Hall–Kier alpha value is -0.860. The lowest BCUT2D eigenvalue weighted by atomic mass is 9.84. The van der Waals surface area contributed by atoms with Crippen molar-refractivity contribution in [1.82, 2.24) is 20.8 Å².